The SMILES string of the molecule is Cc1cc(Nc2nc(-c3ccc(NS(C)(=O)=O)cc3)cs2)n(C)n1.Cl. The molecule has 0 saturated carbocycles. The maximum absolute atomic E-state index is 11.2. The smallest absolute Gasteiger partial charge is 0.229 e. The fraction of sp³-hybridized carbons (Fsp3) is 0.200. The van der Waals surface area contributed by atoms with E-state index in [1.165, 1.54) is 11.3 Å². The molecule has 1 aromatic carbocycles. The number of aromatic nitrogens is 3. The van der Waals surface area contributed by atoms with Crippen LogP contribution < -0.4 is 10.0 Å². The van der Waals surface area contributed by atoms with Gasteiger partial charge < -0.3 is 5.32 Å². The molecule has 0 atom stereocenters. The topological polar surface area (TPSA) is 88.9 Å². The van der Waals surface area contributed by atoms with Crippen LogP contribution in [0.15, 0.2) is 35.7 Å². The summed E-state index contributed by atoms with van der Waals surface area (Å²) in [7, 11) is -1.40. The highest BCUT2D eigenvalue weighted by Gasteiger charge is 2.08. The standard InChI is InChI=1S/C15H17N5O2S2.ClH/c1-10-8-14(20(2)18-10)17-15-16-13(9-23-15)11-4-6-12(7-5-11)19-24(3,21)22;/h4-9,19H,1-3H3,(H,16,17);1H. The molecule has 3 rings (SSSR count). The van der Waals surface area contributed by atoms with Crippen molar-refractivity contribution in [2.75, 3.05) is 16.3 Å². The first-order valence-corrected chi connectivity index (χ1v) is 9.89. The van der Waals surface area contributed by atoms with Crippen molar-refractivity contribution in [1.29, 1.82) is 0 Å². The second-order valence-corrected chi connectivity index (χ2v) is 8.02. The molecule has 0 saturated heterocycles. The van der Waals surface area contributed by atoms with Gasteiger partial charge in [0.15, 0.2) is 5.13 Å². The number of sulfonamides is 1. The fourth-order valence-corrected chi connectivity index (χ4v) is 3.51. The average Bonchev–Trinajstić information content (AvgIpc) is 3.06. The van der Waals surface area contributed by atoms with Crippen LogP contribution >= 0.6 is 23.7 Å². The van der Waals surface area contributed by atoms with Crippen LogP contribution in [-0.4, -0.2) is 29.4 Å². The number of rotatable bonds is 5. The molecular weight excluding hydrogens is 382 g/mol. The highest BCUT2D eigenvalue weighted by Crippen LogP contribution is 2.28. The Hall–Kier alpha value is -2.10. The maximum Gasteiger partial charge on any atom is 0.229 e. The zero-order valence-electron chi connectivity index (χ0n) is 13.8. The molecule has 0 unspecified atom stereocenters. The molecule has 134 valence electrons. The van der Waals surface area contributed by atoms with Crippen molar-refractivity contribution >= 4 is 50.4 Å². The quantitative estimate of drug-likeness (QED) is 0.686. The first-order valence-electron chi connectivity index (χ1n) is 7.11. The molecule has 0 spiro atoms. The number of benzene rings is 1. The van der Waals surface area contributed by atoms with Crippen molar-refractivity contribution in [3.63, 3.8) is 0 Å². The molecule has 0 amide bonds. The van der Waals surface area contributed by atoms with E-state index < -0.39 is 10.0 Å². The van der Waals surface area contributed by atoms with E-state index in [1.807, 2.05) is 37.6 Å². The number of aryl methyl sites for hydroxylation is 2. The molecule has 0 fully saturated rings. The molecule has 2 aromatic heterocycles. The van der Waals surface area contributed by atoms with E-state index in [-0.39, 0.29) is 12.4 Å². The van der Waals surface area contributed by atoms with Gasteiger partial charge in [0.1, 0.15) is 5.82 Å². The van der Waals surface area contributed by atoms with Gasteiger partial charge in [-0.3, -0.25) is 9.40 Å². The van der Waals surface area contributed by atoms with Gasteiger partial charge in [-0.25, -0.2) is 13.4 Å². The molecule has 0 radical (unpaired) electrons. The van der Waals surface area contributed by atoms with E-state index in [1.54, 1.807) is 16.8 Å². The van der Waals surface area contributed by atoms with Crippen molar-refractivity contribution in [2.24, 2.45) is 7.05 Å². The van der Waals surface area contributed by atoms with Crippen LogP contribution in [0.4, 0.5) is 16.6 Å². The zero-order valence-corrected chi connectivity index (χ0v) is 16.3. The van der Waals surface area contributed by atoms with E-state index in [0.29, 0.717) is 5.69 Å². The minimum Gasteiger partial charge on any atom is -0.316 e. The Morgan fingerprint density at radius 2 is 1.88 bits per heavy atom. The first kappa shape index (κ1) is 19.2. The van der Waals surface area contributed by atoms with Crippen LogP contribution in [0.25, 0.3) is 11.3 Å². The molecule has 25 heavy (non-hydrogen) atoms. The van der Waals surface area contributed by atoms with Gasteiger partial charge in [-0.1, -0.05) is 12.1 Å². The lowest BCUT2D eigenvalue weighted by Crippen LogP contribution is -2.09. The summed E-state index contributed by atoms with van der Waals surface area (Å²) in [6.45, 7) is 1.94. The van der Waals surface area contributed by atoms with Gasteiger partial charge in [0, 0.05) is 29.7 Å². The molecule has 3 aromatic rings. The number of nitrogens with zero attached hydrogens (tertiary/aromatic N) is 3. The Labute approximate surface area is 156 Å². The molecular formula is C15H18ClN5O2S2. The molecule has 0 aliphatic heterocycles. The van der Waals surface area contributed by atoms with Gasteiger partial charge in [-0.15, -0.1) is 23.7 Å². The van der Waals surface area contributed by atoms with Gasteiger partial charge in [-0.2, -0.15) is 5.10 Å². The lowest BCUT2D eigenvalue weighted by atomic mass is 10.1. The minimum absolute atomic E-state index is 0. The van der Waals surface area contributed by atoms with Gasteiger partial charge in [-0.05, 0) is 19.1 Å². The number of anilines is 3. The van der Waals surface area contributed by atoms with Crippen molar-refractivity contribution in [1.82, 2.24) is 14.8 Å². The summed E-state index contributed by atoms with van der Waals surface area (Å²) < 4.78 is 26.7. The van der Waals surface area contributed by atoms with E-state index in [2.05, 4.69) is 20.1 Å². The number of hydrogen-bond acceptors (Lipinski definition) is 6. The normalized spacial score (nSPS) is 11.0. The van der Waals surface area contributed by atoms with E-state index >= 15 is 0 Å². The largest absolute Gasteiger partial charge is 0.316 e. The Kier molecular flexibility index (Phi) is 5.71. The summed E-state index contributed by atoms with van der Waals surface area (Å²) >= 11 is 1.50. The Bertz CT molecular complexity index is 964. The molecule has 2 heterocycles. The summed E-state index contributed by atoms with van der Waals surface area (Å²) in [4.78, 5) is 4.56. The summed E-state index contributed by atoms with van der Waals surface area (Å²) in [5.74, 6) is 0.876. The number of halogens is 1. The average molecular weight is 400 g/mol. The molecule has 10 heteroatoms. The summed E-state index contributed by atoms with van der Waals surface area (Å²) in [5, 5.41) is 10.2. The lowest BCUT2D eigenvalue weighted by Gasteiger charge is -2.04. The second-order valence-electron chi connectivity index (χ2n) is 5.41. The molecule has 0 bridgehead atoms. The summed E-state index contributed by atoms with van der Waals surface area (Å²) in [6.07, 6.45) is 1.12. The van der Waals surface area contributed by atoms with Crippen LogP contribution in [0.5, 0.6) is 0 Å². The second kappa shape index (κ2) is 7.42. The fourth-order valence-electron chi connectivity index (χ4n) is 2.22. The Morgan fingerprint density at radius 3 is 2.44 bits per heavy atom. The van der Waals surface area contributed by atoms with Crippen molar-refractivity contribution < 1.29 is 8.42 Å². The van der Waals surface area contributed by atoms with Crippen LogP contribution in [0, 0.1) is 6.92 Å². The third-order valence-corrected chi connectivity index (χ3v) is 4.59. The van der Waals surface area contributed by atoms with Gasteiger partial charge in [0.05, 0.1) is 17.6 Å². The van der Waals surface area contributed by atoms with Crippen LogP contribution in [0.1, 0.15) is 5.69 Å². The predicted octanol–water partition coefficient (Wildman–Crippen LogP) is 3.39. The van der Waals surface area contributed by atoms with Crippen molar-refractivity contribution in [2.45, 2.75) is 6.92 Å². The Morgan fingerprint density at radius 1 is 1.20 bits per heavy atom. The van der Waals surface area contributed by atoms with E-state index in [9.17, 15) is 8.42 Å². The third-order valence-electron chi connectivity index (χ3n) is 3.23. The zero-order chi connectivity index (χ0) is 17.3. The van der Waals surface area contributed by atoms with E-state index in [4.69, 9.17) is 0 Å². The minimum atomic E-state index is -3.27. The number of thiazole rings is 1. The highest BCUT2D eigenvalue weighted by molar-refractivity contribution is 7.92. The highest BCUT2D eigenvalue weighted by atomic mass is 35.5. The number of hydrogen-bond donors (Lipinski definition) is 2. The van der Waals surface area contributed by atoms with Gasteiger partial charge >= 0.3 is 0 Å². The first-order chi connectivity index (χ1) is 11.3. The molecule has 0 aliphatic rings. The molecule has 7 nitrogen and oxygen atoms in total. The van der Waals surface area contributed by atoms with Gasteiger partial charge in [0.25, 0.3) is 0 Å². The summed E-state index contributed by atoms with van der Waals surface area (Å²) in [6, 6.07) is 9.05. The van der Waals surface area contributed by atoms with Crippen LogP contribution in [0.2, 0.25) is 0 Å². The van der Waals surface area contributed by atoms with Crippen LogP contribution in [0.3, 0.4) is 0 Å². The van der Waals surface area contributed by atoms with Crippen molar-refractivity contribution in [3.8, 4) is 11.3 Å². The Balaban J connectivity index is 0.00000225. The lowest BCUT2D eigenvalue weighted by molar-refractivity contribution is 0.607. The van der Waals surface area contributed by atoms with Crippen LogP contribution in [-0.2, 0) is 17.1 Å². The monoisotopic (exact) mass is 399 g/mol. The maximum atomic E-state index is 11.2. The van der Waals surface area contributed by atoms with E-state index in [0.717, 1.165) is 34.2 Å². The van der Waals surface area contributed by atoms with Crippen molar-refractivity contribution in [3.05, 3.63) is 41.4 Å². The predicted molar refractivity (Wildman–Crippen MR) is 104 cm³/mol. The number of nitrogens with one attached hydrogen (secondary N) is 2. The molecule has 0 aliphatic carbocycles. The summed E-state index contributed by atoms with van der Waals surface area (Å²) in [5.41, 5.74) is 3.21. The third kappa shape index (κ3) is 4.94. The van der Waals surface area contributed by atoms with Gasteiger partial charge in [0.2, 0.25) is 10.0 Å². The molecule has 2 N–H and O–H groups in total.